The van der Waals surface area contributed by atoms with Gasteiger partial charge in [0.25, 0.3) is 10.1 Å². The fourth-order valence-corrected chi connectivity index (χ4v) is 2.70. The van der Waals surface area contributed by atoms with E-state index in [-0.39, 0.29) is 17.0 Å². The highest BCUT2D eigenvalue weighted by atomic mass is 32.2. The summed E-state index contributed by atoms with van der Waals surface area (Å²) in [7, 11) is -3.87. The number of benzene rings is 1. The number of hydrogen-bond donors (Lipinski definition) is 1. The van der Waals surface area contributed by atoms with Gasteiger partial charge in [0.1, 0.15) is 5.82 Å². The molecule has 0 atom stereocenters. The van der Waals surface area contributed by atoms with Gasteiger partial charge in [-0.25, -0.2) is 4.39 Å². The van der Waals surface area contributed by atoms with Crippen molar-refractivity contribution in [2.24, 2.45) is 5.41 Å². The Labute approximate surface area is 114 Å². The second-order valence-electron chi connectivity index (χ2n) is 5.68. The zero-order valence-electron chi connectivity index (χ0n) is 11.4. The molecule has 3 nitrogen and oxygen atoms in total. The van der Waals surface area contributed by atoms with Crippen molar-refractivity contribution in [2.45, 2.75) is 39.5 Å². The van der Waals surface area contributed by atoms with Crippen LogP contribution in [0.5, 0.6) is 0 Å². The maximum atomic E-state index is 13.6. The van der Waals surface area contributed by atoms with E-state index in [2.05, 4.69) is 0 Å². The van der Waals surface area contributed by atoms with E-state index < -0.39 is 10.1 Å². The maximum absolute atomic E-state index is 13.6. The van der Waals surface area contributed by atoms with Crippen LogP contribution in [0.1, 0.15) is 38.7 Å². The molecule has 19 heavy (non-hydrogen) atoms. The molecule has 1 rings (SSSR count). The Hall–Kier alpha value is -0.940. The topological polar surface area (TPSA) is 54.4 Å². The van der Waals surface area contributed by atoms with Gasteiger partial charge in [-0.1, -0.05) is 38.5 Å². The maximum Gasteiger partial charge on any atom is 0.264 e. The molecule has 1 aromatic carbocycles. The van der Waals surface area contributed by atoms with Crippen molar-refractivity contribution in [1.82, 2.24) is 0 Å². The molecule has 1 aromatic rings. The van der Waals surface area contributed by atoms with Gasteiger partial charge in [-0.15, -0.1) is 0 Å². The molecule has 0 aliphatic heterocycles. The van der Waals surface area contributed by atoms with Gasteiger partial charge in [0.15, 0.2) is 0 Å². The van der Waals surface area contributed by atoms with Gasteiger partial charge in [-0.05, 0) is 36.3 Å². The second-order valence-corrected chi connectivity index (χ2v) is 7.25. The van der Waals surface area contributed by atoms with Gasteiger partial charge >= 0.3 is 0 Å². The molecule has 5 heteroatoms. The lowest BCUT2D eigenvalue weighted by Gasteiger charge is -2.24. The minimum absolute atomic E-state index is 0.0958. The molecule has 0 radical (unpaired) electrons. The molecule has 108 valence electrons. The van der Waals surface area contributed by atoms with Crippen molar-refractivity contribution >= 4 is 10.1 Å². The van der Waals surface area contributed by atoms with Gasteiger partial charge in [0.05, 0.1) is 5.75 Å². The van der Waals surface area contributed by atoms with E-state index in [4.69, 9.17) is 4.55 Å². The number of halogens is 1. The SMILES string of the molecule is CC(C)(CCCCS(=O)(=O)O)Cc1ccccc1F. The van der Waals surface area contributed by atoms with Crippen LogP contribution in [0, 0.1) is 11.2 Å². The van der Waals surface area contributed by atoms with Crippen LogP contribution in [-0.2, 0) is 16.5 Å². The Kier molecular flexibility index (Phi) is 5.50. The third kappa shape index (κ3) is 6.68. The standard InChI is InChI=1S/C14H21FO3S/c1-14(2,9-5-6-10-19(16,17)18)11-12-7-3-4-8-13(12)15/h3-4,7-8H,5-6,9-11H2,1-2H3,(H,16,17,18). The molecule has 0 aliphatic carbocycles. The second kappa shape index (κ2) is 6.48. The van der Waals surface area contributed by atoms with Crippen LogP contribution in [0.3, 0.4) is 0 Å². The van der Waals surface area contributed by atoms with Gasteiger partial charge in [-0.2, -0.15) is 8.42 Å². The van der Waals surface area contributed by atoms with Gasteiger partial charge in [0, 0.05) is 0 Å². The van der Waals surface area contributed by atoms with E-state index in [1.54, 1.807) is 12.1 Å². The predicted octanol–water partition coefficient (Wildman–Crippen LogP) is 3.45. The largest absolute Gasteiger partial charge is 0.286 e. The molecular formula is C14H21FO3S. The molecule has 0 aliphatic rings. The first-order valence-corrected chi connectivity index (χ1v) is 7.99. The molecule has 0 spiro atoms. The quantitative estimate of drug-likeness (QED) is 0.617. The first-order valence-electron chi connectivity index (χ1n) is 6.38. The number of hydrogen-bond acceptors (Lipinski definition) is 2. The molecular weight excluding hydrogens is 267 g/mol. The summed E-state index contributed by atoms with van der Waals surface area (Å²) < 4.78 is 43.4. The van der Waals surface area contributed by atoms with Crippen LogP contribution in [0.4, 0.5) is 4.39 Å². The predicted molar refractivity (Wildman–Crippen MR) is 74.2 cm³/mol. The van der Waals surface area contributed by atoms with Crippen LogP contribution in [0.25, 0.3) is 0 Å². The summed E-state index contributed by atoms with van der Waals surface area (Å²) in [6.07, 6.45) is 2.53. The zero-order chi connectivity index (χ0) is 14.5. The van der Waals surface area contributed by atoms with Crippen LogP contribution >= 0.6 is 0 Å². The Morgan fingerprint density at radius 1 is 1.21 bits per heavy atom. The molecule has 0 heterocycles. The summed E-state index contributed by atoms with van der Waals surface area (Å²) in [6.45, 7) is 4.07. The minimum atomic E-state index is -3.87. The van der Waals surface area contributed by atoms with Gasteiger partial charge < -0.3 is 0 Å². The molecule has 0 saturated carbocycles. The Balaban J connectivity index is 2.46. The summed E-state index contributed by atoms with van der Waals surface area (Å²) in [5.41, 5.74) is 0.587. The lowest BCUT2D eigenvalue weighted by atomic mass is 9.81. The number of rotatable bonds is 7. The van der Waals surface area contributed by atoms with E-state index in [0.717, 1.165) is 6.42 Å². The highest BCUT2D eigenvalue weighted by Gasteiger charge is 2.20. The minimum Gasteiger partial charge on any atom is -0.286 e. The van der Waals surface area contributed by atoms with Crippen LogP contribution < -0.4 is 0 Å². The Bertz CT molecular complexity index is 509. The summed E-state index contributed by atoms with van der Waals surface area (Å²) in [5.74, 6) is -0.406. The average Bonchev–Trinajstić information content (AvgIpc) is 2.26. The molecule has 0 aromatic heterocycles. The van der Waals surface area contributed by atoms with Crippen molar-refractivity contribution in [3.05, 3.63) is 35.6 Å². The van der Waals surface area contributed by atoms with E-state index in [9.17, 15) is 12.8 Å². The summed E-state index contributed by atoms with van der Waals surface area (Å²) in [6, 6.07) is 6.70. The molecule has 0 fully saturated rings. The zero-order valence-corrected chi connectivity index (χ0v) is 12.2. The van der Waals surface area contributed by atoms with E-state index in [1.807, 2.05) is 19.9 Å². The van der Waals surface area contributed by atoms with Crippen molar-refractivity contribution in [2.75, 3.05) is 5.75 Å². The summed E-state index contributed by atoms with van der Waals surface area (Å²) >= 11 is 0. The first-order chi connectivity index (χ1) is 8.70. The average molecular weight is 288 g/mol. The third-order valence-electron chi connectivity index (χ3n) is 3.13. The molecule has 1 N–H and O–H groups in total. The van der Waals surface area contributed by atoms with Crippen molar-refractivity contribution < 1.29 is 17.4 Å². The lowest BCUT2D eigenvalue weighted by Crippen LogP contribution is -2.16. The van der Waals surface area contributed by atoms with Crippen molar-refractivity contribution in [3.63, 3.8) is 0 Å². The normalized spacial score (nSPS) is 12.6. The monoisotopic (exact) mass is 288 g/mol. The van der Waals surface area contributed by atoms with Crippen LogP contribution in [0.2, 0.25) is 0 Å². The Morgan fingerprint density at radius 3 is 2.42 bits per heavy atom. The fourth-order valence-electron chi connectivity index (χ4n) is 2.13. The third-order valence-corrected chi connectivity index (χ3v) is 3.94. The first kappa shape index (κ1) is 16.1. The fraction of sp³-hybridized carbons (Fsp3) is 0.571. The lowest BCUT2D eigenvalue weighted by molar-refractivity contribution is 0.316. The van der Waals surface area contributed by atoms with E-state index in [1.165, 1.54) is 6.07 Å². The highest BCUT2D eigenvalue weighted by Crippen LogP contribution is 2.29. The molecule has 0 saturated heterocycles. The van der Waals surface area contributed by atoms with E-state index >= 15 is 0 Å². The van der Waals surface area contributed by atoms with Crippen molar-refractivity contribution in [1.29, 1.82) is 0 Å². The smallest absolute Gasteiger partial charge is 0.264 e. The summed E-state index contributed by atoms with van der Waals surface area (Å²) in [4.78, 5) is 0. The number of unbranched alkanes of at least 4 members (excludes halogenated alkanes) is 1. The van der Waals surface area contributed by atoms with E-state index in [0.29, 0.717) is 24.8 Å². The summed E-state index contributed by atoms with van der Waals surface area (Å²) in [5, 5.41) is 0. The Morgan fingerprint density at radius 2 is 1.84 bits per heavy atom. The van der Waals surface area contributed by atoms with Crippen molar-refractivity contribution in [3.8, 4) is 0 Å². The molecule has 0 unspecified atom stereocenters. The van der Waals surface area contributed by atoms with Gasteiger partial charge in [0.2, 0.25) is 0 Å². The van der Waals surface area contributed by atoms with Crippen LogP contribution in [0.15, 0.2) is 24.3 Å². The van der Waals surface area contributed by atoms with Crippen LogP contribution in [-0.4, -0.2) is 18.7 Å². The highest BCUT2D eigenvalue weighted by molar-refractivity contribution is 7.85. The molecule has 0 amide bonds. The molecule has 0 bridgehead atoms. The van der Waals surface area contributed by atoms with Gasteiger partial charge in [-0.3, -0.25) is 4.55 Å².